The standard InChI is InChI=1S/C12H22N4O2S/c1-11-4-3-6-16(9-11)19(17,18)12-8-14-15(10-12)7-5-13-2/h8,10-11,13H,3-7,9H2,1-2H3. The Morgan fingerprint density at radius 1 is 1.53 bits per heavy atom. The molecule has 1 unspecified atom stereocenters. The van der Waals surface area contributed by atoms with Crippen LogP contribution >= 0.6 is 0 Å². The van der Waals surface area contributed by atoms with Gasteiger partial charge in [-0.05, 0) is 25.8 Å². The Morgan fingerprint density at radius 2 is 2.32 bits per heavy atom. The van der Waals surface area contributed by atoms with Crippen LogP contribution in [0.5, 0.6) is 0 Å². The summed E-state index contributed by atoms with van der Waals surface area (Å²) in [5.41, 5.74) is 0. The Morgan fingerprint density at radius 3 is 3.00 bits per heavy atom. The molecule has 0 spiro atoms. The van der Waals surface area contributed by atoms with Gasteiger partial charge in [0.25, 0.3) is 0 Å². The number of hydrogen-bond donors (Lipinski definition) is 1. The summed E-state index contributed by atoms with van der Waals surface area (Å²) < 4.78 is 28.2. The smallest absolute Gasteiger partial charge is 0.246 e. The molecular weight excluding hydrogens is 264 g/mol. The summed E-state index contributed by atoms with van der Waals surface area (Å²) >= 11 is 0. The number of aromatic nitrogens is 2. The SMILES string of the molecule is CNCCn1cc(S(=O)(=O)N2CCCC(C)C2)cn1. The molecule has 1 aromatic rings. The van der Waals surface area contributed by atoms with Gasteiger partial charge in [-0.15, -0.1) is 0 Å². The molecule has 0 radical (unpaired) electrons. The molecule has 0 saturated carbocycles. The predicted octanol–water partition coefficient (Wildman–Crippen LogP) is 0.523. The summed E-state index contributed by atoms with van der Waals surface area (Å²) in [6.07, 6.45) is 5.11. The van der Waals surface area contributed by atoms with Gasteiger partial charge in [-0.25, -0.2) is 8.42 Å². The zero-order valence-corrected chi connectivity index (χ0v) is 12.4. The zero-order chi connectivity index (χ0) is 13.9. The molecule has 1 aromatic heterocycles. The maximum atomic E-state index is 12.5. The summed E-state index contributed by atoms with van der Waals surface area (Å²) in [6.45, 7) is 4.76. The first-order valence-corrected chi connectivity index (χ1v) is 8.15. The summed E-state index contributed by atoms with van der Waals surface area (Å²) in [4.78, 5) is 0.303. The molecule has 6 nitrogen and oxygen atoms in total. The van der Waals surface area contributed by atoms with Crippen molar-refractivity contribution in [2.75, 3.05) is 26.7 Å². The van der Waals surface area contributed by atoms with Crippen LogP contribution in [0.1, 0.15) is 19.8 Å². The molecule has 0 aromatic carbocycles. The number of piperidine rings is 1. The van der Waals surface area contributed by atoms with Gasteiger partial charge in [-0.3, -0.25) is 4.68 Å². The molecule has 7 heteroatoms. The number of nitrogens with one attached hydrogen (secondary N) is 1. The molecule has 1 aliphatic rings. The highest BCUT2D eigenvalue weighted by Gasteiger charge is 2.29. The minimum absolute atomic E-state index is 0.303. The van der Waals surface area contributed by atoms with E-state index in [1.54, 1.807) is 15.2 Å². The molecule has 108 valence electrons. The van der Waals surface area contributed by atoms with Gasteiger partial charge < -0.3 is 5.32 Å². The van der Waals surface area contributed by atoms with Gasteiger partial charge in [-0.1, -0.05) is 6.92 Å². The second-order valence-electron chi connectivity index (χ2n) is 5.15. The van der Waals surface area contributed by atoms with Crippen LogP contribution in [-0.4, -0.2) is 49.2 Å². The van der Waals surface area contributed by atoms with Gasteiger partial charge in [-0.2, -0.15) is 9.40 Å². The van der Waals surface area contributed by atoms with Crippen LogP contribution < -0.4 is 5.32 Å². The maximum Gasteiger partial charge on any atom is 0.246 e. The number of nitrogens with zero attached hydrogens (tertiary/aromatic N) is 3. The van der Waals surface area contributed by atoms with Crippen LogP contribution in [0.3, 0.4) is 0 Å². The molecule has 1 fully saturated rings. The van der Waals surface area contributed by atoms with Crippen LogP contribution in [0.2, 0.25) is 0 Å². The second kappa shape index (κ2) is 6.02. The Balaban J connectivity index is 2.12. The van der Waals surface area contributed by atoms with Gasteiger partial charge in [0.1, 0.15) is 4.90 Å². The normalized spacial score (nSPS) is 21.7. The van der Waals surface area contributed by atoms with E-state index in [2.05, 4.69) is 17.3 Å². The minimum atomic E-state index is -3.37. The second-order valence-corrected chi connectivity index (χ2v) is 7.09. The number of rotatable bonds is 5. The van der Waals surface area contributed by atoms with E-state index in [1.807, 2.05) is 7.05 Å². The van der Waals surface area contributed by atoms with Crippen molar-refractivity contribution in [3.8, 4) is 0 Å². The highest BCUT2D eigenvalue weighted by atomic mass is 32.2. The van der Waals surface area contributed by atoms with Crippen molar-refractivity contribution >= 4 is 10.0 Å². The third-order valence-electron chi connectivity index (χ3n) is 3.46. The molecule has 2 rings (SSSR count). The molecule has 1 aliphatic heterocycles. The lowest BCUT2D eigenvalue weighted by atomic mass is 10.0. The van der Waals surface area contributed by atoms with Crippen LogP contribution in [0.25, 0.3) is 0 Å². The lowest BCUT2D eigenvalue weighted by Crippen LogP contribution is -2.38. The van der Waals surface area contributed by atoms with Crippen molar-refractivity contribution in [3.63, 3.8) is 0 Å². The third kappa shape index (κ3) is 3.34. The van der Waals surface area contributed by atoms with Gasteiger partial charge in [0, 0.05) is 25.8 Å². The predicted molar refractivity (Wildman–Crippen MR) is 73.3 cm³/mol. The molecule has 1 N–H and O–H groups in total. The van der Waals surface area contributed by atoms with E-state index in [9.17, 15) is 8.42 Å². The van der Waals surface area contributed by atoms with Gasteiger partial charge in [0.2, 0.25) is 10.0 Å². The summed E-state index contributed by atoms with van der Waals surface area (Å²) in [7, 11) is -1.51. The lowest BCUT2D eigenvalue weighted by molar-refractivity contribution is 0.281. The fourth-order valence-corrected chi connectivity index (χ4v) is 3.89. The molecule has 1 atom stereocenters. The van der Waals surface area contributed by atoms with E-state index in [1.165, 1.54) is 6.20 Å². The topological polar surface area (TPSA) is 67.2 Å². The lowest BCUT2D eigenvalue weighted by Gasteiger charge is -2.29. The average Bonchev–Trinajstić information content (AvgIpc) is 2.86. The molecule has 1 saturated heterocycles. The molecule has 19 heavy (non-hydrogen) atoms. The van der Waals surface area contributed by atoms with Crippen LogP contribution in [0.4, 0.5) is 0 Å². The fraction of sp³-hybridized carbons (Fsp3) is 0.750. The zero-order valence-electron chi connectivity index (χ0n) is 11.5. The Labute approximate surface area is 114 Å². The van der Waals surface area contributed by atoms with Crippen molar-refractivity contribution in [2.24, 2.45) is 5.92 Å². The van der Waals surface area contributed by atoms with E-state index >= 15 is 0 Å². The summed E-state index contributed by atoms with van der Waals surface area (Å²) in [5.74, 6) is 0.433. The third-order valence-corrected chi connectivity index (χ3v) is 5.28. The van der Waals surface area contributed by atoms with Crippen molar-refractivity contribution < 1.29 is 8.42 Å². The molecular formula is C12H22N4O2S. The number of sulfonamides is 1. The molecule has 0 aliphatic carbocycles. The first-order valence-electron chi connectivity index (χ1n) is 6.71. The van der Waals surface area contributed by atoms with Crippen molar-refractivity contribution in [3.05, 3.63) is 12.4 Å². The van der Waals surface area contributed by atoms with Gasteiger partial charge in [0.05, 0.1) is 12.7 Å². The van der Waals surface area contributed by atoms with Gasteiger partial charge in [0.15, 0.2) is 0 Å². The highest BCUT2D eigenvalue weighted by Crippen LogP contribution is 2.22. The van der Waals surface area contributed by atoms with Crippen molar-refractivity contribution in [1.82, 2.24) is 19.4 Å². The van der Waals surface area contributed by atoms with E-state index in [-0.39, 0.29) is 0 Å². The number of likely N-dealkylation sites (N-methyl/N-ethyl adjacent to an activating group) is 1. The van der Waals surface area contributed by atoms with Crippen molar-refractivity contribution in [1.29, 1.82) is 0 Å². The van der Waals surface area contributed by atoms with E-state index in [0.717, 1.165) is 19.4 Å². The fourth-order valence-electron chi connectivity index (χ4n) is 2.34. The monoisotopic (exact) mass is 286 g/mol. The largest absolute Gasteiger partial charge is 0.318 e. The Hall–Kier alpha value is -0.920. The Kier molecular flexibility index (Phi) is 4.59. The van der Waals surface area contributed by atoms with E-state index in [0.29, 0.717) is 30.4 Å². The Bertz CT molecular complexity index is 512. The molecule has 0 amide bonds. The maximum absolute atomic E-state index is 12.5. The van der Waals surface area contributed by atoms with Crippen LogP contribution in [-0.2, 0) is 16.6 Å². The summed E-state index contributed by atoms with van der Waals surface area (Å²) in [6, 6.07) is 0. The minimum Gasteiger partial charge on any atom is -0.318 e. The molecule has 0 bridgehead atoms. The summed E-state index contributed by atoms with van der Waals surface area (Å²) in [5, 5.41) is 7.12. The molecule has 2 heterocycles. The first kappa shape index (κ1) is 14.5. The number of hydrogen-bond acceptors (Lipinski definition) is 4. The first-order chi connectivity index (χ1) is 9.04. The van der Waals surface area contributed by atoms with Crippen LogP contribution in [0, 0.1) is 5.92 Å². The van der Waals surface area contributed by atoms with E-state index < -0.39 is 10.0 Å². The van der Waals surface area contributed by atoms with Gasteiger partial charge >= 0.3 is 0 Å². The average molecular weight is 286 g/mol. The van der Waals surface area contributed by atoms with Crippen molar-refractivity contribution in [2.45, 2.75) is 31.2 Å². The van der Waals surface area contributed by atoms with Crippen LogP contribution in [0.15, 0.2) is 17.3 Å². The highest BCUT2D eigenvalue weighted by molar-refractivity contribution is 7.89. The van der Waals surface area contributed by atoms with E-state index in [4.69, 9.17) is 0 Å². The quantitative estimate of drug-likeness (QED) is 0.857.